The Hall–Kier alpha value is -3.41. The van der Waals surface area contributed by atoms with Crippen LogP contribution in [-0.2, 0) is 21.7 Å². The molecule has 0 aromatic heterocycles. The maximum absolute atomic E-state index is 13.3. The fraction of sp³-hybridized carbons (Fsp3) is 0.483. The number of urea groups is 1. The number of nitrogens with one attached hydrogen (secondary N) is 1. The molecule has 8 nitrogen and oxygen atoms in total. The van der Waals surface area contributed by atoms with Crippen molar-refractivity contribution in [2.75, 3.05) is 31.5 Å². The molecule has 3 aliphatic rings. The average molecular weight is 505 g/mol. The number of ether oxygens (including phenoxy) is 1. The van der Waals surface area contributed by atoms with E-state index in [4.69, 9.17) is 14.6 Å². The second-order valence-corrected chi connectivity index (χ2v) is 10.2. The van der Waals surface area contributed by atoms with Gasteiger partial charge in [0.05, 0.1) is 23.5 Å². The van der Waals surface area contributed by atoms with Gasteiger partial charge in [-0.15, -0.1) is 0 Å². The molecule has 3 aliphatic heterocycles. The summed E-state index contributed by atoms with van der Waals surface area (Å²) in [5, 5.41) is 19.8. The zero-order chi connectivity index (χ0) is 26.4. The summed E-state index contributed by atoms with van der Waals surface area (Å²) in [6.07, 6.45) is 3.66. The number of rotatable bonds is 3. The minimum atomic E-state index is -0.270. The van der Waals surface area contributed by atoms with Crippen molar-refractivity contribution >= 4 is 18.2 Å². The number of benzene rings is 2. The van der Waals surface area contributed by atoms with Crippen LogP contribution in [-0.4, -0.2) is 59.6 Å². The van der Waals surface area contributed by atoms with Gasteiger partial charge in [-0.3, -0.25) is 4.79 Å². The summed E-state index contributed by atoms with van der Waals surface area (Å²) in [6.45, 7) is 8.23. The predicted molar refractivity (Wildman–Crippen MR) is 141 cm³/mol. The van der Waals surface area contributed by atoms with Gasteiger partial charge in [0.2, 0.25) is 0 Å². The van der Waals surface area contributed by atoms with Crippen LogP contribution < -0.4 is 5.32 Å². The molecular formula is C29H36N4O4. The van der Waals surface area contributed by atoms with Gasteiger partial charge in [-0.2, -0.15) is 5.26 Å². The number of likely N-dealkylation sites (tertiary alicyclic amines) is 2. The van der Waals surface area contributed by atoms with Crippen LogP contribution in [0.5, 0.6) is 0 Å². The summed E-state index contributed by atoms with van der Waals surface area (Å²) in [7, 11) is 0. The van der Waals surface area contributed by atoms with Crippen molar-refractivity contribution in [1.29, 1.82) is 5.26 Å². The van der Waals surface area contributed by atoms with E-state index in [1.54, 1.807) is 6.07 Å². The standard InChI is InChI=1S/C28H34N4O2.CH2O2/c1-20(2)31-14-10-21(11-15-31)24-8-5-7-22(18-29)26(24)30-27(33)32-16-12-28(13-17-32)25-9-4-3-6-23(25)19-34-28;2-1-3/h3-9,20-21H,10-17,19H2,1-2H3,(H,30,33);1H,(H,2,3). The lowest BCUT2D eigenvalue weighted by molar-refractivity contribution is -0.122. The number of amides is 2. The second-order valence-electron chi connectivity index (χ2n) is 10.2. The smallest absolute Gasteiger partial charge is 0.321 e. The van der Waals surface area contributed by atoms with Gasteiger partial charge in [-0.05, 0) is 81.3 Å². The summed E-state index contributed by atoms with van der Waals surface area (Å²) < 4.78 is 6.25. The van der Waals surface area contributed by atoms with Crippen molar-refractivity contribution in [3.8, 4) is 6.07 Å². The first-order valence-corrected chi connectivity index (χ1v) is 13.1. The molecule has 8 heteroatoms. The Morgan fingerprint density at radius 2 is 1.81 bits per heavy atom. The van der Waals surface area contributed by atoms with Crippen LogP contribution in [0.4, 0.5) is 10.5 Å². The minimum absolute atomic E-state index is 0.121. The molecular weight excluding hydrogens is 468 g/mol. The minimum Gasteiger partial charge on any atom is -0.483 e. The molecule has 0 saturated carbocycles. The van der Waals surface area contributed by atoms with Gasteiger partial charge < -0.3 is 25.0 Å². The Labute approximate surface area is 218 Å². The van der Waals surface area contributed by atoms with E-state index in [2.05, 4.69) is 60.5 Å². The van der Waals surface area contributed by atoms with Crippen molar-refractivity contribution in [3.05, 3.63) is 64.7 Å². The Morgan fingerprint density at radius 3 is 2.46 bits per heavy atom. The van der Waals surface area contributed by atoms with Crippen molar-refractivity contribution in [2.45, 2.75) is 63.7 Å². The van der Waals surface area contributed by atoms with Gasteiger partial charge in [0, 0.05) is 19.1 Å². The van der Waals surface area contributed by atoms with Gasteiger partial charge in [-0.25, -0.2) is 4.79 Å². The van der Waals surface area contributed by atoms with E-state index in [-0.39, 0.29) is 18.1 Å². The second kappa shape index (κ2) is 11.8. The first kappa shape index (κ1) is 26.6. The molecule has 1 spiro atoms. The van der Waals surface area contributed by atoms with E-state index in [9.17, 15) is 10.1 Å². The highest BCUT2D eigenvalue weighted by Gasteiger charge is 2.43. The number of nitrogens with zero attached hydrogens (tertiary/aromatic N) is 3. The van der Waals surface area contributed by atoms with Crippen LogP contribution in [0.1, 0.15) is 67.7 Å². The number of fused-ring (bicyclic) bond motifs is 2. The maximum atomic E-state index is 13.3. The van der Waals surface area contributed by atoms with Crippen LogP contribution in [0.15, 0.2) is 42.5 Å². The van der Waals surface area contributed by atoms with E-state index in [1.165, 1.54) is 11.1 Å². The molecule has 0 unspecified atom stereocenters. The fourth-order valence-corrected chi connectivity index (χ4v) is 5.92. The zero-order valence-electron chi connectivity index (χ0n) is 21.7. The summed E-state index contributed by atoms with van der Waals surface area (Å²) in [4.78, 5) is 26.0. The van der Waals surface area contributed by atoms with Crippen LogP contribution in [0.3, 0.4) is 0 Å². The normalized spacial score (nSPS) is 19.0. The van der Waals surface area contributed by atoms with Gasteiger partial charge in [0.1, 0.15) is 6.07 Å². The molecule has 2 N–H and O–H groups in total. The number of hydrogen-bond donors (Lipinski definition) is 2. The molecule has 0 aliphatic carbocycles. The van der Waals surface area contributed by atoms with E-state index >= 15 is 0 Å². The molecule has 2 aromatic rings. The highest BCUT2D eigenvalue weighted by Crippen LogP contribution is 2.44. The first-order valence-electron chi connectivity index (χ1n) is 13.1. The van der Waals surface area contributed by atoms with Crippen molar-refractivity contribution in [1.82, 2.24) is 9.80 Å². The molecule has 5 rings (SSSR count). The summed E-state index contributed by atoms with van der Waals surface area (Å²) in [5.41, 5.74) is 4.60. The Bertz CT molecular complexity index is 1140. The molecule has 2 amide bonds. The number of hydrogen-bond acceptors (Lipinski definition) is 5. The lowest BCUT2D eigenvalue weighted by Crippen LogP contribution is -2.46. The number of carboxylic acid groups (broad SMARTS) is 1. The summed E-state index contributed by atoms with van der Waals surface area (Å²) in [5.74, 6) is 0.353. The Morgan fingerprint density at radius 1 is 1.14 bits per heavy atom. The molecule has 2 fully saturated rings. The van der Waals surface area contributed by atoms with Crippen LogP contribution in [0.25, 0.3) is 0 Å². The van der Waals surface area contributed by atoms with Crippen molar-refractivity contribution in [2.24, 2.45) is 0 Å². The molecule has 196 valence electrons. The predicted octanol–water partition coefficient (Wildman–Crippen LogP) is 4.90. The van der Waals surface area contributed by atoms with Gasteiger partial charge in [0.25, 0.3) is 6.47 Å². The van der Waals surface area contributed by atoms with E-state index in [1.807, 2.05) is 11.0 Å². The number of carbonyl (C=O) groups is 2. The lowest BCUT2D eigenvalue weighted by Gasteiger charge is -2.39. The molecule has 0 bridgehead atoms. The summed E-state index contributed by atoms with van der Waals surface area (Å²) >= 11 is 0. The van der Waals surface area contributed by atoms with Crippen LogP contribution >= 0.6 is 0 Å². The maximum Gasteiger partial charge on any atom is 0.321 e. The van der Waals surface area contributed by atoms with Crippen LogP contribution in [0, 0.1) is 11.3 Å². The number of piperidine rings is 2. The van der Waals surface area contributed by atoms with Gasteiger partial charge >= 0.3 is 6.03 Å². The largest absolute Gasteiger partial charge is 0.483 e. The number of nitriles is 1. The number of para-hydroxylation sites is 1. The third kappa shape index (κ3) is 5.63. The number of anilines is 1. The van der Waals surface area contributed by atoms with E-state index in [0.29, 0.717) is 42.9 Å². The quantitative estimate of drug-likeness (QED) is 0.576. The third-order valence-corrected chi connectivity index (χ3v) is 8.02. The summed E-state index contributed by atoms with van der Waals surface area (Å²) in [6, 6.07) is 17.0. The van der Waals surface area contributed by atoms with E-state index in [0.717, 1.165) is 44.3 Å². The van der Waals surface area contributed by atoms with Crippen LogP contribution in [0.2, 0.25) is 0 Å². The Balaban J connectivity index is 0.00000102. The first-order chi connectivity index (χ1) is 17.9. The van der Waals surface area contributed by atoms with Crippen molar-refractivity contribution < 1.29 is 19.4 Å². The monoisotopic (exact) mass is 504 g/mol. The highest BCUT2D eigenvalue weighted by atomic mass is 16.5. The fourth-order valence-electron chi connectivity index (χ4n) is 5.92. The van der Waals surface area contributed by atoms with E-state index < -0.39 is 0 Å². The third-order valence-electron chi connectivity index (χ3n) is 8.02. The number of carbonyl (C=O) groups excluding carboxylic acids is 1. The SMILES string of the molecule is CC(C)N1CCC(c2cccc(C#N)c2NC(=O)N2CCC3(CC2)OCc2ccccc23)CC1.O=CO. The molecule has 37 heavy (non-hydrogen) atoms. The molecule has 2 aromatic carbocycles. The van der Waals surface area contributed by atoms with Gasteiger partial charge in [0.15, 0.2) is 0 Å². The molecule has 2 saturated heterocycles. The zero-order valence-corrected chi connectivity index (χ0v) is 21.7. The highest BCUT2D eigenvalue weighted by molar-refractivity contribution is 5.92. The molecule has 0 radical (unpaired) electrons. The lowest BCUT2D eigenvalue weighted by atomic mass is 9.84. The van der Waals surface area contributed by atoms with Gasteiger partial charge in [-0.1, -0.05) is 36.4 Å². The Kier molecular flexibility index (Phi) is 8.47. The topological polar surface area (TPSA) is 106 Å². The molecule has 3 heterocycles. The average Bonchev–Trinajstić information content (AvgIpc) is 3.27. The van der Waals surface area contributed by atoms with Crippen molar-refractivity contribution in [3.63, 3.8) is 0 Å². The molecule has 0 atom stereocenters.